The van der Waals surface area contributed by atoms with Crippen molar-refractivity contribution in [3.63, 3.8) is 0 Å². The van der Waals surface area contributed by atoms with Gasteiger partial charge in [0.1, 0.15) is 21.7 Å². The van der Waals surface area contributed by atoms with Crippen molar-refractivity contribution < 1.29 is 29.7 Å². The van der Waals surface area contributed by atoms with Crippen LogP contribution in [0.4, 0.5) is 17.8 Å². The molecule has 0 bridgehead atoms. The van der Waals surface area contributed by atoms with E-state index >= 15 is 0 Å². The van der Waals surface area contributed by atoms with Crippen LogP contribution in [0.1, 0.15) is 154 Å². The van der Waals surface area contributed by atoms with Crippen molar-refractivity contribution in [2.75, 3.05) is 16.0 Å². The molecule has 0 unspecified atom stereocenters. The van der Waals surface area contributed by atoms with Crippen molar-refractivity contribution >= 4 is 92.3 Å². The molecular weight excluding hydrogens is 948 g/mol. The van der Waals surface area contributed by atoms with Gasteiger partial charge < -0.3 is 15.3 Å². The second-order valence-corrected chi connectivity index (χ2v) is 24.5. The predicted octanol–water partition coefficient (Wildman–Crippen LogP) is 10.1. The van der Waals surface area contributed by atoms with Crippen LogP contribution in [0.2, 0.25) is 10.2 Å². The fourth-order valence-corrected chi connectivity index (χ4v) is 7.51. The van der Waals surface area contributed by atoms with Gasteiger partial charge in [-0.1, -0.05) is 44.0 Å². The maximum atomic E-state index is 12.6. The Hall–Kier alpha value is -5.27. The molecule has 0 fully saturated rings. The third kappa shape index (κ3) is 15.1. The number of rotatable bonds is 9. The summed E-state index contributed by atoms with van der Waals surface area (Å²) in [4.78, 5) is 63.8. The van der Waals surface area contributed by atoms with Crippen LogP contribution in [0.25, 0.3) is 33.5 Å². The van der Waals surface area contributed by atoms with E-state index in [9.17, 15) is 29.7 Å². The van der Waals surface area contributed by atoms with Crippen molar-refractivity contribution in [2.24, 2.45) is 5.41 Å². The van der Waals surface area contributed by atoms with Gasteiger partial charge in [0.25, 0.3) is 0 Å². The number of aromatic nitrogens is 9. The maximum absolute atomic E-state index is 12.6. The first-order chi connectivity index (χ1) is 32.0. The molecule has 6 aromatic heterocycles. The second kappa shape index (κ2) is 20.7. The van der Waals surface area contributed by atoms with Crippen molar-refractivity contribution in [2.45, 2.75) is 191 Å². The SMILES string of the molecule is Cc1cc2nc(NC(=O)CC(C)(C)O)n(C(C)(C)C)c2nc1Cl.Cc1ccc2nc(NC(=O)C[C@](C)(O)C(C)(C)C)n(C(C)(C)C)c2n1.Cc1nc2c(cc1Cl)nc(NC(=O)CC(C)(C)O)n2C(C)(C)C. The van der Waals surface area contributed by atoms with Crippen LogP contribution in [-0.4, -0.2) is 93.4 Å². The van der Waals surface area contributed by atoms with Crippen LogP contribution in [0, 0.1) is 26.2 Å². The maximum Gasteiger partial charge on any atom is 0.229 e. The largest absolute Gasteiger partial charge is 0.390 e. The zero-order chi connectivity index (χ0) is 54.4. The zero-order valence-corrected chi connectivity index (χ0v) is 46.8. The number of hydrogen-bond donors (Lipinski definition) is 6. The number of pyridine rings is 3. The molecule has 390 valence electrons. The van der Waals surface area contributed by atoms with Crippen molar-refractivity contribution in [3.8, 4) is 0 Å². The third-order valence-corrected chi connectivity index (χ3v) is 12.0. The molecular formula is C51H76Cl2N12O6. The summed E-state index contributed by atoms with van der Waals surface area (Å²) in [7, 11) is 0. The number of carbonyl (C=O) groups is 3. The summed E-state index contributed by atoms with van der Waals surface area (Å²) in [6, 6.07) is 7.39. The Balaban J connectivity index is 0.000000232. The smallest absolute Gasteiger partial charge is 0.229 e. The summed E-state index contributed by atoms with van der Waals surface area (Å²) in [5.41, 5.74) is 1.79. The number of halogens is 2. The molecule has 1 atom stereocenters. The number of amides is 3. The first-order valence-electron chi connectivity index (χ1n) is 23.5. The molecule has 0 saturated heterocycles. The summed E-state index contributed by atoms with van der Waals surface area (Å²) in [6.45, 7) is 37.5. The van der Waals surface area contributed by atoms with E-state index in [-0.39, 0.29) is 53.6 Å². The van der Waals surface area contributed by atoms with E-state index in [0.717, 1.165) is 22.4 Å². The highest BCUT2D eigenvalue weighted by atomic mass is 35.5. The highest BCUT2D eigenvalue weighted by molar-refractivity contribution is 6.31. The minimum atomic E-state index is -1.12. The zero-order valence-electron chi connectivity index (χ0n) is 45.3. The van der Waals surface area contributed by atoms with Crippen LogP contribution >= 0.6 is 23.2 Å². The summed E-state index contributed by atoms with van der Waals surface area (Å²) < 4.78 is 5.64. The fourth-order valence-electron chi connectivity index (χ4n) is 7.23. The van der Waals surface area contributed by atoms with Crippen LogP contribution in [-0.2, 0) is 31.0 Å². The lowest BCUT2D eigenvalue weighted by molar-refractivity contribution is -0.126. The van der Waals surface area contributed by atoms with Crippen molar-refractivity contribution in [1.82, 2.24) is 43.6 Å². The van der Waals surface area contributed by atoms with E-state index in [0.29, 0.717) is 56.0 Å². The quantitative estimate of drug-likeness (QED) is 0.0742. The van der Waals surface area contributed by atoms with Crippen LogP contribution < -0.4 is 16.0 Å². The molecule has 0 spiro atoms. The molecule has 18 nitrogen and oxygen atoms in total. The molecule has 6 rings (SSSR count). The number of aliphatic hydroxyl groups is 3. The molecule has 3 amide bonds. The summed E-state index contributed by atoms with van der Waals surface area (Å²) in [6.07, 6.45) is -0.0442. The number of fused-ring (bicyclic) bond motifs is 3. The Bertz CT molecular complexity index is 2800. The van der Waals surface area contributed by atoms with Gasteiger partial charge in [0.05, 0.1) is 46.8 Å². The lowest BCUT2D eigenvalue weighted by Crippen LogP contribution is -2.43. The lowest BCUT2D eigenvalue weighted by atomic mass is 9.76. The monoisotopic (exact) mass is 1020 g/mol. The van der Waals surface area contributed by atoms with Gasteiger partial charge >= 0.3 is 0 Å². The standard InChI is InChI=1S/C19H30N4O2.2C16H23ClN4O2/c1-12-9-10-13-15(20-12)23(18(5,6)7)16(21-13)22-14(24)11-19(8,25)17(2,3)4;1-9-10(17)7-11-13(18-9)21(15(2,3)4)14(19-11)20-12(22)8-16(5,6)23;1-9-7-10-13(20-12(9)17)21(15(2,3)4)14(18-10)19-11(22)8-16(5,6)23/h9-10,25H,11H2,1-8H3,(H,21,22,24);7,23H,8H2,1-6H3,(H,19,20,22);7,23H,8H2,1-6H3,(H,18,19,22)/t19-;;/m0../s1. The van der Waals surface area contributed by atoms with E-state index < -0.39 is 22.2 Å². The molecule has 0 aliphatic rings. The first-order valence-corrected chi connectivity index (χ1v) is 24.3. The molecule has 6 aromatic rings. The van der Waals surface area contributed by atoms with Gasteiger partial charge in [-0.2, -0.15) is 0 Å². The molecule has 6 heterocycles. The molecule has 6 N–H and O–H groups in total. The highest BCUT2D eigenvalue weighted by Gasteiger charge is 2.38. The van der Waals surface area contributed by atoms with Crippen molar-refractivity contribution in [1.29, 1.82) is 0 Å². The van der Waals surface area contributed by atoms with E-state index in [4.69, 9.17) is 23.2 Å². The number of hydrogen-bond acceptors (Lipinski definition) is 12. The summed E-state index contributed by atoms with van der Waals surface area (Å²) >= 11 is 12.3. The Morgan fingerprint density at radius 2 is 0.873 bits per heavy atom. The number of anilines is 3. The molecule has 0 saturated carbocycles. The number of carbonyl (C=O) groups excluding carboxylic acids is 3. The summed E-state index contributed by atoms with van der Waals surface area (Å²) in [5, 5.41) is 39.5. The van der Waals surface area contributed by atoms with Gasteiger partial charge in [0.2, 0.25) is 35.6 Å². The fraction of sp³-hybridized carbons (Fsp3) is 0.588. The average Bonchev–Trinajstić information content (AvgIpc) is 3.79. The highest BCUT2D eigenvalue weighted by Crippen LogP contribution is 2.35. The Kier molecular flexibility index (Phi) is 17.0. The molecule has 0 aliphatic heterocycles. The van der Waals surface area contributed by atoms with Gasteiger partial charge in [-0.25, -0.2) is 29.9 Å². The van der Waals surface area contributed by atoms with Crippen LogP contribution in [0.3, 0.4) is 0 Å². The Labute approximate surface area is 427 Å². The van der Waals surface area contributed by atoms with Crippen LogP contribution in [0.15, 0.2) is 24.3 Å². The van der Waals surface area contributed by atoms with Gasteiger partial charge in [-0.05, 0) is 153 Å². The molecule has 0 aliphatic carbocycles. The average molecular weight is 1020 g/mol. The topological polar surface area (TPSA) is 240 Å². The van der Waals surface area contributed by atoms with Crippen LogP contribution in [0.5, 0.6) is 0 Å². The number of aryl methyl sites for hydroxylation is 3. The Morgan fingerprint density at radius 1 is 0.507 bits per heavy atom. The molecule has 0 radical (unpaired) electrons. The van der Waals surface area contributed by atoms with Gasteiger partial charge in [-0.3, -0.25) is 44.0 Å². The number of nitrogens with zero attached hydrogens (tertiary/aromatic N) is 9. The number of imidazole rings is 3. The summed E-state index contributed by atoms with van der Waals surface area (Å²) in [5.74, 6) is 0.377. The first kappa shape index (κ1) is 58.3. The van der Waals surface area contributed by atoms with E-state index in [2.05, 4.69) is 45.9 Å². The van der Waals surface area contributed by atoms with Gasteiger partial charge in [-0.15, -0.1) is 0 Å². The minimum absolute atomic E-state index is 0.00367. The molecule has 0 aromatic carbocycles. The van der Waals surface area contributed by atoms with E-state index in [1.165, 1.54) is 0 Å². The Morgan fingerprint density at radius 3 is 1.27 bits per heavy atom. The number of nitrogens with one attached hydrogen (secondary N) is 3. The second-order valence-electron chi connectivity index (χ2n) is 23.8. The third-order valence-electron chi connectivity index (χ3n) is 11.2. The predicted molar refractivity (Wildman–Crippen MR) is 284 cm³/mol. The molecule has 20 heteroatoms. The lowest BCUT2D eigenvalue weighted by Gasteiger charge is -2.36. The minimum Gasteiger partial charge on any atom is -0.390 e. The van der Waals surface area contributed by atoms with E-state index in [1.807, 2.05) is 136 Å². The normalized spacial score (nSPS) is 13.6. The van der Waals surface area contributed by atoms with Crippen molar-refractivity contribution in [3.05, 3.63) is 51.4 Å². The molecule has 71 heavy (non-hydrogen) atoms. The van der Waals surface area contributed by atoms with Gasteiger partial charge in [0.15, 0.2) is 16.9 Å². The van der Waals surface area contributed by atoms with E-state index in [1.54, 1.807) is 40.7 Å². The van der Waals surface area contributed by atoms with Gasteiger partial charge in [0, 0.05) is 22.3 Å².